The Morgan fingerprint density at radius 3 is 2.42 bits per heavy atom. The molecular formula is C10H19NO. The fraction of sp³-hybridized carbons (Fsp3) is 0.800. The van der Waals surface area contributed by atoms with Crippen LogP contribution in [0, 0.1) is 12.3 Å². The van der Waals surface area contributed by atoms with Crippen LogP contribution in [0.15, 0.2) is 0 Å². The smallest absolute Gasteiger partial charge is 0.0766 e. The van der Waals surface area contributed by atoms with Crippen molar-refractivity contribution >= 4 is 0 Å². The number of terminal acetylenes is 1. The highest BCUT2D eigenvalue weighted by molar-refractivity contribution is 5.08. The summed E-state index contributed by atoms with van der Waals surface area (Å²) in [4.78, 5) is 2.22. The van der Waals surface area contributed by atoms with E-state index in [9.17, 15) is 0 Å². The van der Waals surface area contributed by atoms with E-state index in [0.29, 0.717) is 0 Å². The summed E-state index contributed by atoms with van der Waals surface area (Å²) >= 11 is 0. The van der Waals surface area contributed by atoms with Crippen molar-refractivity contribution in [2.75, 3.05) is 26.8 Å². The Balaban J connectivity index is 4.07. The standard InChI is InChI=1S/C10H19NO/c1-6-10(3,4)11(7-2)8-9-12-5/h1H,7-9H2,2-5H3. The van der Waals surface area contributed by atoms with Gasteiger partial charge in [-0.25, -0.2) is 0 Å². The molecule has 0 bridgehead atoms. The summed E-state index contributed by atoms with van der Waals surface area (Å²) in [5.74, 6) is 2.77. The van der Waals surface area contributed by atoms with E-state index in [2.05, 4.69) is 17.7 Å². The highest BCUT2D eigenvalue weighted by Crippen LogP contribution is 2.11. The lowest BCUT2D eigenvalue weighted by Gasteiger charge is -2.33. The van der Waals surface area contributed by atoms with E-state index in [1.165, 1.54) is 0 Å². The van der Waals surface area contributed by atoms with E-state index in [-0.39, 0.29) is 5.54 Å². The van der Waals surface area contributed by atoms with Crippen molar-refractivity contribution < 1.29 is 4.74 Å². The first-order chi connectivity index (χ1) is 5.58. The van der Waals surface area contributed by atoms with Gasteiger partial charge in [0.25, 0.3) is 0 Å². The third-order valence-electron chi connectivity index (χ3n) is 2.09. The predicted octanol–water partition coefficient (Wildman–Crippen LogP) is 1.37. The Morgan fingerprint density at radius 2 is 2.08 bits per heavy atom. The number of hydrogen-bond donors (Lipinski definition) is 0. The van der Waals surface area contributed by atoms with Gasteiger partial charge in [-0.3, -0.25) is 4.90 Å². The van der Waals surface area contributed by atoms with Crippen molar-refractivity contribution in [1.29, 1.82) is 0 Å². The minimum absolute atomic E-state index is 0.159. The zero-order valence-corrected chi connectivity index (χ0v) is 8.55. The van der Waals surface area contributed by atoms with Crippen LogP contribution in [0.1, 0.15) is 20.8 Å². The van der Waals surface area contributed by atoms with Gasteiger partial charge in [-0.05, 0) is 20.4 Å². The van der Waals surface area contributed by atoms with Crippen molar-refractivity contribution in [2.45, 2.75) is 26.3 Å². The lowest BCUT2D eigenvalue weighted by molar-refractivity contribution is 0.110. The molecule has 0 saturated heterocycles. The Labute approximate surface area is 75.9 Å². The molecule has 0 unspecified atom stereocenters. The minimum Gasteiger partial charge on any atom is -0.383 e. The minimum atomic E-state index is -0.159. The van der Waals surface area contributed by atoms with E-state index in [1.807, 2.05) is 13.8 Å². The molecule has 0 radical (unpaired) electrons. The van der Waals surface area contributed by atoms with Gasteiger partial charge < -0.3 is 4.74 Å². The van der Waals surface area contributed by atoms with Crippen molar-refractivity contribution in [3.05, 3.63) is 0 Å². The first kappa shape index (κ1) is 11.5. The second-order valence-corrected chi connectivity index (χ2v) is 3.28. The van der Waals surface area contributed by atoms with E-state index in [0.717, 1.165) is 19.7 Å². The SMILES string of the molecule is C#CC(C)(C)N(CC)CCOC. The van der Waals surface area contributed by atoms with Crippen molar-refractivity contribution in [3.63, 3.8) is 0 Å². The summed E-state index contributed by atoms with van der Waals surface area (Å²) in [5, 5.41) is 0. The van der Waals surface area contributed by atoms with Gasteiger partial charge in [0.15, 0.2) is 0 Å². The first-order valence-corrected chi connectivity index (χ1v) is 4.30. The number of nitrogens with zero attached hydrogens (tertiary/aromatic N) is 1. The van der Waals surface area contributed by atoms with Crippen LogP contribution in [-0.2, 0) is 4.74 Å². The third-order valence-corrected chi connectivity index (χ3v) is 2.09. The maximum atomic E-state index is 5.42. The van der Waals surface area contributed by atoms with Crippen LogP contribution >= 0.6 is 0 Å². The molecule has 70 valence electrons. The van der Waals surface area contributed by atoms with Gasteiger partial charge >= 0.3 is 0 Å². The lowest BCUT2D eigenvalue weighted by Crippen LogP contribution is -2.44. The van der Waals surface area contributed by atoms with Crippen LogP contribution in [0.3, 0.4) is 0 Å². The Bertz CT molecular complexity index is 158. The van der Waals surface area contributed by atoms with Gasteiger partial charge in [0.2, 0.25) is 0 Å². The van der Waals surface area contributed by atoms with E-state index < -0.39 is 0 Å². The summed E-state index contributed by atoms with van der Waals surface area (Å²) in [6, 6.07) is 0. The van der Waals surface area contributed by atoms with Crippen molar-refractivity contribution in [3.8, 4) is 12.3 Å². The van der Waals surface area contributed by atoms with Crippen LogP contribution in [0.25, 0.3) is 0 Å². The van der Waals surface area contributed by atoms with Crippen LogP contribution in [0.2, 0.25) is 0 Å². The van der Waals surface area contributed by atoms with Crippen LogP contribution < -0.4 is 0 Å². The first-order valence-electron chi connectivity index (χ1n) is 4.30. The molecule has 0 saturated carbocycles. The molecular weight excluding hydrogens is 150 g/mol. The zero-order valence-electron chi connectivity index (χ0n) is 8.55. The fourth-order valence-corrected chi connectivity index (χ4v) is 1.13. The average Bonchev–Trinajstić information content (AvgIpc) is 2.05. The molecule has 0 fully saturated rings. The Morgan fingerprint density at radius 1 is 1.50 bits per heavy atom. The predicted molar refractivity (Wildman–Crippen MR) is 52.0 cm³/mol. The number of likely N-dealkylation sites (N-methyl/N-ethyl adjacent to an activating group) is 1. The molecule has 0 spiro atoms. The molecule has 2 nitrogen and oxygen atoms in total. The fourth-order valence-electron chi connectivity index (χ4n) is 1.13. The molecule has 0 rings (SSSR count). The van der Waals surface area contributed by atoms with E-state index >= 15 is 0 Å². The maximum Gasteiger partial charge on any atom is 0.0766 e. The summed E-state index contributed by atoms with van der Waals surface area (Å²) in [6.07, 6.45) is 5.42. The maximum absolute atomic E-state index is 5.42. The van der Waals surface area contributed by atoms with Gasteiger partial charge in [-0.2, -0.15) is 0 Å². The van der Waals surface area contributed by atoms with Crippen molar-refractivity contribution in [1.82, 2.24) is 4.90 Å². The number of rotatable bonds is 5. The third kappa shape index (κ3) is 3.25. The lowest BCUT2D eigenvalue weighted by atomic mass is 10.0. The summed E-state index contributed by atoms with van der Waals surface area (Å²) in [5.41, 5.74) is -0.159. The number of methoxy groups -OCH3 is 1. The van der Waals surface area contributed by atoms with Crippen LogP contribution in [0.5, 0.6) is 0 Å². The molecule has 0 N–H and O–H groups in total. The van der Waals surface area contributed by atoms with E-state index in [1.54, 1.807) is 7.11 Å². The molecule has 2 heteroatoms. The van der Waals surface area contributed by atoms with Crippen molar-refractivity contribution in [2.24, 2.45) is 0 Å². The summed E-state index contributed by atoms with van der Waals surface area (Å²) in [6.45, 7) is 8.79. The normalized spacial score (nSPS) is 11.7. The van der Waals surface area contributed by atoms with Gasteiger partial charge in [0.1, 0.15) is 0 Å². The summed E-state index contributed by atoms with van der Waals surface area (Å²) < 4.78 is 5.00. The summed E-state index contributed by atoms with van der Waals surface area (Å²) in [7, 11) is 1.71. The molecule has 0 atom stereocenters. The monoisotopic (exact) mass is 169 g/mol. The van der Waals surface area contributed by atoms with Gasteiger partial charge in [-0.1, -0.05) is 12.8 Å². The molecule has 12 heavy (non-hydrogen) atoms. The second kappa shape index (κ2) is 5.18. The Hall–Kier alpha value is -0.520. The van der Waals surface area contributed by atoms with Gasteiger partial charge in [-0.15, -0.1) is 6.42 Å². The number of ether oxygens (including phenoxy) is 1. The largest absolute Gasteiger partial charge is 0.383 e. The van der Waals surface area contributed by atoms with Crippen LogP contribution in [-0.4, -0.2) is 37.2 Å². The molecule has 0 aromatic carbocycles. The molecule has 0 aliphatic heterocycles. The highest BCUT2D eigenvalue weighted by Gasteiger charge is 2.21. The molecule has 0 aromatic rings. The molecule has 0 heterocycles. The van der Waals surface area contributed by atoms with Gasteiger partial charge in [0, 0.05) is 13.7 Å². The topological polar surface area (TPSA) is 12.5 Å². The molecule has 0 aliphatic carbocycles. The quantitative estimate of drug-likeness (QED) is 0.576. The number of hydrogen-bond acceptors (Lipinski definition) is 2. The Kier molecular flexibility index (Phi) is 4.96. The molecule has 0 aromatic heterocycles. The average molecular weight is 169 g/mol. The van der Waals surface area contributed by atoms with Gasteiger partial charge in [0.05, 0.1) is 12.1 Å². The second-order valence-electron chi connectivity index (χ2n) is 3.28. The zero-order chi connectivity index (χ0) is 9.61. The van der Waals surface area contributed by atoms with E-state index in [4.69, 9.17) is 11.2 Å². The molecule has 0 amide bonds. The van der Waals surface area contributed by atoms with Crippen LogP contribution in [0.4, 0.5) is 0 Å². The molecule has 0 aliphatic rings. The highest BCUT2D eigenvalue weighted by atomic mass is 16.5.